The van der Waals surface area contributed by atoms with Crippen LogP contribution in [0.3, 0.4) is 0 Å². The maximum absolute atomic E-state index is 10.6. The van der Waals surface area contributed by atoms with Crippen molar-refractivity contribution in [1.82, 2.24) is 10.2 Å². The van der Waals surface area contributed by atoms with Gasteiger partial charge in [0, 0.05) is 13.1 Å². The van der Waals surface area contributed by atoms with Crippen LogP contribution in [0.25, 0.3) is 0 Å². The van der Waals surface area contributed by atoms with Crippen molar-refractivity contribution in [1.29, 1.82) is 0 Å². The number of nitrogens with one attached hydrogen (secondary N) is 1. The zero-order valence-electron chi connectivity index (χ0n) is 7.45. The van der Waals surface area contributed by atoms with E-state index in [4.69, 9.17) is 10.2 Å². The average molecular weight is 176 g/mol. The number of likely N-dealkylation sites (N-methyl/N-ethyl adjacent to an activating group) is 2. The number of amides is 1. The molecule has 0 rings (SSSR count). The first-order chi connectivity index (χ1) is 5.67. The molecular formula is C7H16N2O3. The number of hydrogen-bond donors (Lipinski definition) is 3. The van der Waals surface area contributed by atoms with Crippen LogP contribution in [0.2, 0.25) is 0 Å². The molecule has 0 spiro atoms. The van der Waals surface area contributed by atoms with Crippen molar-refractivity contribution in [3.63, 3.8) is 0 Å². The fourth-order valence-corrected chi connectivity index (χ4v) is 1.06. The Kier molecular flexibility index (Phi) is 5.40. The highest BCUT2D eigenvalue weighted by Gasteiger charge is 2.19. The third-order valence-electron chi connectivity index (χ3n) is 1.68. The van der Waals surface area contributed by atoms with Crippen molar-refractivity contribution in [2.45, 2.75) is 13.0 Å². The summed E-state index contributed by atoms with van der Waals surface area (Å²) in [5.41, 5.74) is 0. The third-order valence-corrected chi connectivity index (χ3v) is 1.68. The summed E-state index contributed by atoms with van der Waals surface area (Å²) in [4.78, 5) is 11.8. The van der Waals surface area contributed by atoms with Gasteiger partial charge in [0.1, 0.15) is 0 Å². The van der Waals surface area contributed by atoms with Crippen molar-refractivity contribution in [2.24, 2.45) is 0 Å². The average Bonchev–Trinajstić information content (AvgIpc) is 2.03. The zero-order chi connectivity index (χ0) is 9.56. The maximum Gasteiger partial charge on any atom is 0.407 e. The first-order valence-electron chi connectivity index (χ1n) is 3.92. The molecule has 1 amide bonds. The summed E-state index contributed by atoms with van der Waals surface area (Å²) in [5, 5.41) is 20.4. The lowest BCUT2D eigenvalue weighted by molar-refractivity contribution is 0.101. The molecule has 0 aliphatic rings. The van der Waals surface area contributed by atoms with Crippen molar-refractivity contribution >= 4 is 6.09 Å². The molecule has 12 heavy (non-hydrogen) atoms. The minimum absolute atomic E-state index is 0.152. The van der Waals surface area contributed by atoms with E-state index in [1.54, 1.807) is 14.0 Å². The fourth-order valence-electron chi connectivity index (χ4n) is 1.06. The standard InChI is InChI=1S/C7H16N2O3/c1-3-9(7(11)12)6(5-10)4-8-2/h6,8,10H,3-5H2,1-2H3,(H,11,12). The van der Waals surface area contributed by atoms with Gasteiger partial charge in [0.15, 0.2) is 0 Å². The van der Waals surface area contributed by atoms with Crippen molar-refractivity contribution < 1.29 is 15.0 Å². The van der Waals surface area contributed by atoms with E-state index in [1.807, 2.05) is 0 Å². The first-order valence-corrected chi connectivity index (χ1v) is 3.92. The van der Waals surface area contributed by atoms with Crippen LogP contribution in [0.1, 0.15) is 6.92 Å². The normalized spacial score (nSPS) is 12.6. The topological polar surface area (TPSA) is 72.8 Å². The molecule has 0 aromatic heterocycles. The molecule has 0 aliphatic carbocycles. The summed E-state index contributed by atoms with van der Waals surface area (Å²) in [6, 6.07) is -0.350. The predicted octanol–water partition coefficient (Wildman–Crippen LogP) is -0.433. The summed E-state index contributed by atoms with van der Waals surface area (Å²) < 4.78 is 0. The lowest BCUT2D eigenvalue weighted by atomic mass is 10.2. The van der Waals surface area contributed by atoms with E-state index in [2.05, 4.69) is 5.32 Å². The quantitative estimate of drug-likeness (QED) is 0.531. The summed E-state index contributed by atoms with van der Waals surface area (Å²) in [7, 11) is 1.72. The molecule has 3 N–H and O–H groups in total. The van der Waals surface area contributed by atoms with E-state index in [-0.39, 0.29) is 12.6 Å². The second kappa shape index (κ2) is 5.79. The smallest absolute Gasteiger partial charge is 0.407 e. The summed E-state index contributed by atoms with van der Waals surface area (Å²) in [5.74, 6) is 0. The van der Waals surface area contributed by atoms with Crippen LogP contribution < -0.4 is 5.32 Å². The number of aliphatic hydroxyl groups excluding tert-OH is 1. The molecule has 0 saturated heterocycles. The van der Waals surface area contributed by atoms with Crippen LogP contribution in [0.4, 0.5) is 4.79 Å². The van der Waals surface area contributed by atoms with Gasteiger partial charge in [-0.2, -0.15) is 0 Å². The third kappa shape index (κ3) is 3.06. The van der Waals surface area contributed by atoms with Gasteiger partial charge in [0.25, 0.3) is 0 Å². The highest BCUT2D eigenvalue weighted by atomic mass is 16.4. The highest BCUT2D eigenvalue weighted by molar-refractivity contribution is 5.65. The summed E-state index contributed by atoms with van der Waals surface area (Å²) in [6.45, 7) is 2.45. The molecule has 0 aromatic carbocycles. The SMILES string of the molecule is CCN(C(=O)O)C(CO)CNC. The lowest BCUT2D eigenvalue weighted by Crippen LogP contribution is -2.46. The van der Waals surface area contributed by atoms with Crippen LogP contribution in [-0.2, 0) is 0 Å². The monoisotopic (exact) mass is 176 g/mol. The van der Waals surface area contributed by atoms with Gasteiger partial charge in [0.2, 0.25) is 0 Å². The molecule has 72 valence electrons. The molecule has 1 unspecified atom stereocenters. The van der Waals surface area contributed by atoms with Crippen LogP contribution in [0.15, 0.2) is 0 Å². The van der Waals surface area contributed by atoms with Gasteiger partial charge in [-0.1, -0.05) is 0 Å². The summed E-state index contributed by atoms with van der Waals surface area (Å²) >= 11 is 0. The largest absolute Gasteiger partial charge is 0.465 e. The minimum Gasteiger partial charge on any atom is -0.465 e. The van der Waals surface area contributed by atoms with Gasteiger partial charge < -0.3 is 20.4 Å². The second-order valence-corrected chi connectivity index (χ2v) is 2.46. The van der Waals surface area contributed by atoms with Gasteiger partial charge in [-0.15, -0.1) is 0 Å². The van der Waals surface area contributed by atoms with Gasteiger partial charge in [-0.05, 0) is 14.0 Å². The Hall–Kier alpha value is -0.810. The number of nitrogens with zero attached hydrogens (tertiary/aromatic N) is 1. The predicted molar refractivity (Wildman–Crippen MR) is 45.2 cm³/mol. The molecule has 5 heteroatoms. The Morgan fingerprint density at radius 3 is 2.50 bits per heavy atom. The lowest BCUT2D eigenvalue weighted by Gasteiger charge is -2.26. The molecule has 0 radical (unpaired) electrons. The van der Waals surface area contributed by atoms with E-state index < -0.39 is 6.09 Å². The number of hydrogen-bond acceptors (Lipinski definition) is 3. The molecule has 0 aliphatic heterocycles. The Morgan fingerprint density at radius 2 is 2.25 bits per heavy atom. The van der Waals surface area contributed by atoms with E-state index >= 15 is 0 Å². The van der Waals surface area contributed by atoms with Gasteiger partial charge >= 0.3 is 6.09 Å². The van der Waals surface area contributed by atoms with Crippen molar-refractivity contribution in [3.05, 3.63) is 0 Å². The number of carbonyl (C=O) groups is 1. The number of aliphatic hydroxyl groups is 1. The van der Waals surface area contributed by atoms with Crippen LogP contribution in [-0.4, -0.2) is 54.0 Å². The molecule has 0 bridgehead atoms. The maximum atomic E-state index is 10.6. The van der Waals surface area contributed by atoms with Gasteiger partial charge in [-0.25, -0.2) is 4.79 Å². The minimum atomic E-state index is -0.994. The Morgan fingerprint density at radius 1 is 1.67 bits per heavy atom. The second-order valence-electron chi connectivity index (χ2n) is 2.46. The van der Waals surface area contributed by atoms with E-state index in [9.17, 15) is 4.79 Å². The van der Waals surface area contributed by atoms with E-state index in [1.165, 1.54) is 4.90 Å². The fraction of sp³-hybridized carbons (Fsp3) is 0.857. The molecular weight excluding hydrogens is 160 g/mol. The Bertz CT molecular complexity index is 141. The molecule has 0 saturated carbocycles. The highest BCUT2D eigenvalue weighted by Crippen LogP contribution is 1.97. The van der Waals surface area contributed by atoms with Gasteiger partial charge in [0.05, 0.1) is 12.6 Å². The van der Waals surface area contributed by atoms with Crippen LogP contribution in [0, 0.1) is 0 Å². The van der Waals surface area contributed by atoms with Crippen LogP contribution >= 0.6 is 0 Å². The number of carboxylic acid groups (broad SMARTS) is 1. The molecule has 1 atom stereocenters. The van der Waals surface area contributed by atoms with Crippen molar-refractivity contribution in [2.75, 3.05) is 26.7 Å². The first kappa shape index (κ1) is 11.2. The molecule has 0 heterocycles. The van der Waals surface area contributed by atoms with Crippen LogP contribution in [0.5, 0.6) is 0 Å². The van der Waals surface area contributed by atoms with Gasteiger partial charge in [-0.3, -0.25) is 0 Å². The molecule has 0 fully saturated rings. The Balaban J connectivity index is 4.12. The number of rotatable bonds is 5. The summed E-state index contributed by atoms with van der Waals surface area (Å²) in [6.07, 6.45) is -0.994. The molecule has 5 nitrogen and oxygen atoms in total. The molecule has 0 aromatic rings. The van der Waals surface area contributed by atoms with E-state index in [0.29, 0.717) is 13.1 Å². The van der Waals surface area contributed by atoms with Crippen molar-refractivity contribution in [3.8, 4) is 0 Å². The Labute approximate surface area is 72.0 Å². The van der Waals surface area contributed by atoms with E-state index in [0.717, 1.165) is 0 Å². The zero-order valence-corrected chi connectivity index (χ0v) is 7.45.